The summed E-state index contributed by atoms with van der Waals surface area (Å²) in [5.74, 6) is 0.901. The molecule has 0 unspecified atom stereocenters. The van der Waals surface area contributed by atoms with E-state index in [1.54, 1.807) is 6.20 Å². The van der Waals surface area contributed by atoms with Gasteiger partial charge < -0.3 is 10.2 Å². The minimum Gasteiger partial charge on any atom is -0.367 e. The van der Waals surface area contributed by atoms with Gasteiger partial charge in [0.1, 0.15) is 5.52 Å². The SMILES string of the molecule is CCN(C)CCNc1nccn2nc(C)cc12. The van der Waals surface area contributed by atoms with Crippen molar-refractivity contribution in [3.05, 3.63) is 24.2 Å². The zero-order chi connectivity index (χ0) is 12.3. The van der Waals surface area contributed by atoms with Crippen LogP contribution in [-0.2, 0) is 0 Å². The van der Waals surface area contributed by atoms with Crippen LogP contribution in [0.15, 0.2) is 18.5 Å². The van der Waals surface area contributed by atoms with Crippen molar-refractivity contribution in [3.8, 4) is 0 Å². The highest BCUT2D eigenvalue weighted by Crippen LogP contribution is 2.13. The van der Waals surface area contributed by atoms with Crippen LogP contribution < -0.4 is 5.32 Å². The van der Waals surface area contributed by atoms with E-state index in [0.29, 0.717) is 0 Å². The quantitative estimate of drug-likeness (QED) is 0.848. The smallest absolute Gasteiger partial charge is 0.152 e. The third-order valence-electron chi connectivity index (χ3n) is 2.84. The molecule has 0 saturated carbocycles. The van der Waals surface area contributed by atoms with E-state index >= 15 is 0 Å². The second-order valence-electron chi connectivity index (χ2n) is 4.21. The number of hydrogen-bond donors (Lipinski definition) is 1. The van der Waals surface area contributed by atoms with Crippen molar-refractivity contribution < 1.29 is 0 Å². The molecule has 0 amide bonds. The molecule has 0 aliphatic rings. The third-order valence-corrected chi connectivity index (χ3v) is 2.84. The van der Waals surface area contributed by atoms with E-state index in [1.807, 2.05) is 23.7 Å². The highest BCUT2D eigenvalue weighted by molar-refractivity contribution is 5.67. The van der Waals surface area contributed by atoms with E-state index in [-0.39, 0.29) is 0 Å². The second-order valence-corrected chi connectivity index (χ2v) is 4.21. The van der Waals surface area contributed by atoms with Crippen LogP contribution in [-0.4, -0.2) is 46.2 Å². The number of anilines is 1. The van der Waals surface area contributed by atoms with Crippen molar-refractivity contribution in [2.75, 3.05) is 32.0 Å². The molecule has 0 radical (unpaired) electrons. The molecular weight excluding hydrogens is 214 g/mol. The summed E-state index contributed by atoms with van der Waals surface area (Å²) >= 11 is 0. The normalized spacial score (nSPS) is 11.3. The molecular formula is C12H19N5. The van der Waals surface area contributed by atoms with Crippen LogP contribution in [0.1, 0.15) is 12.6 Å². The van der Waals surface area contributed by atoms with Gasteiger partial charge in [0.05, 0.1) is 5.69 Å². The molecule has 0 aliphatic heterocycles. The molecule has 0 saturated heterocycles. The second kappa shape index (κ2) is 5.14. The van der Waals surface area contributed by atoms with Crippen LogP contribution in [0.2, 0.25) is 0 Å². The predicted molar refractivity (Wildman–Crippen MR) is 69.4 cm³/mol. The molecule has 2 heterocycles. The summed E-state index contributed by atoms with van der Waals surface area (Å²) in [5, 5.41) is 7.71. The number of aryl methyl sites for hydroxylation is 1. The molecule has 0 aliphatic carbocycles. The van der Waals surface area contributed by atoms with E-state index < -0.39 is 0 Å². The Hall–Kier alpha value is -1.62. The van der Waals surface area contributed by atoms with Crippen LogP contribution in [0.3, 0.4) is 0 Å². The number of likely N-dealkylation sites (N-methyl/N-ethyl adjacent to an activating group) is 1. The number of nitrogens with one attached hydrogen (secondary N) is 1. The Morgan fingerprint density at radius 2 is 2.29 bits per heavy atom. The Labute approximate surface area is 101 Å². The van der Waals surface area contributed by atoms with E-state index in [2.05, 4.69) is 34.3 Å². The van der Waals surface area contributed by atoms with Crippen molar-refractivity contribution >= 4 is 11.3 Å². The van der Waals surface area contributed by atoms with Gasteiger partial charge in [-0.05, 0) is 26.6 Å². The maximum Gasteiger partial charge on any atom is 0.152 e. The van der Waals surface area contributed by atoms with Gasteiger partial charge in [-0.1, -0.05) is 6.92 Å². The lowest BCUT2D eigenvalue weighted by atomic mass is 10.4. The molecule has 5 heteroatoms. The summed E-state index contributed by atoms with van der Waals surface area (Å²) < 4.78 is 1.86. The first-order chi connectivity index (χ1) is 8.20. The number of fused-ring (bicyclic) bond motifs is 1. The van der Waals surface area contributed by atoms with Gasteiger partial charge in [0.2, 0.25) is 0 Å². The zero-order valence-electron chi connectivity index (χ0n) is 10.6. The lowest BCUT2D eigenvalue weighted by Crippen LogP contribution is -2.25. The van der Waals surface area contributed by atoms with E-state index in [0.717, 1.165) is 36.7 Å². The van der Waals surface area contributed by atoms with Gasteiger partial charge in [-0.15, -0.1) is 0 Å². The summed E-state index contributed by atoms with van der Waals surface area (Å²) in [4.78, 5) is 6.61. The number of aromatic nitrogens is 3. The van der Waals surface area contributed by atoms with Crippen LogP contribution >= 0.6 is 0 Å². The molecule has 17 heavy (non-hydrogen) atoms. The third kappa shape index (κ3) is 2.74. The predicted octanol–water partition coefficient (Wildman–Crippen LogP) is 1.40. The van der Waals surface area contributed by atoms with Crippen LogP contribution in [0, 0.1) is 6.92 Å². The molecule has 2 rings (SSSR count). The van der Waals surface area contributed by atoms with Crippen molar-refractivity contribution in [2.45, 2.75) is 13.8 Å². The average molecular weight is 233 g/mol. The van der Waals surface area contributed by atoms with E-state index in [4.69, 9.17) is 0 Å². The Morgan fingerprint density at radius 3 is 3.06 bits per heavy atom. The van der Waals surface area contributed by atoms with Gasteiger partial charge in [0.15, 0.2) is 5.82 Å². The Kier molecular flexibility index (Phi) is 3.58. The molecule has 0 fully saturated rings. The highest BCUT2D eigenvalue weighted by Gasteiger charge is 2.04. The first-order valence-corrected chi connectivity index (χ1v) is 5.94. The van der Waals surface area contributed by atoms with Crippen LogP contribution in [0.5, 0.6) is 0 Å². The summed E-state index contributed by atoms with van der Waals surface area (Å²) in [6, 6.07) is 2.04. The maximum absolute atomic E-state index is 4.36. The van der Waals surface area contributed by atoms with E-state index in [9.17, 15) is 0 Å². The Morgan fingerprint density at radius 1 is 1.47 bits per heavy atom. The van der Waals surface area contributed by atoms with Gasteiger partial charge in [-0.3, -0.25) is 0 Å². The molecule has 5 nitrogen and oxygen atoms in total. The summed E-state index contributed by atoms with van der Waals surface area (Å²) in [5.41, 5.74) is 2.04. The maximum atomic E-state index is 4.36. The summed E-state index contributed by atoms with van der Waals surface area (Å²) in [6.07, 6.45) is 3.64. The molecule has 0 atom stereocenters. The minimum atomic E-state index is 0.890. The molecule has 0 aromatic carbocycles. The van der Waals surface area contributed by atoms with Crippen molar-refractivity contribution in [1.82, 2.24) is 19.5 Å². The molecule has 0 spiro atoms. The van der Waals surface area contributed by atoms with Crippen molar-refractivity contribution in [3.63, 3.8) is 0 Å². The number of rotatable bonds is 5. The van der Waals surface area contributed by atoms with Gasteiger partial charge in [-0.2, -0.15) is 5.10 Å². The first kappa shape index (κ1) is 11.9. The molecule has 92 valence electrons. The topological polar surface area (TPSA) is 45.5 Å². The lowest BCUT2D eigenvalue weighted by molar-refractivity contribution is 0.367. The van der Waals surface area contributed by atoms with Gasteiger partial charge in [0.25, 0.3) is 0 Å². The highest BCUT2D eigenvalue weighted by atomic mass is 15.2. The Bertz CT molecular complexity index is 491. The summed E-state index contributed by atoms with van der Waals surface area (Å²) in [6.45, 7) is 7.10. The Balaban J connectivity index is 2.08. The largest absolute Gasteiger partial charge is 0.367 e. The average Bonchev–Trinajstić information content (AvgIpc) is 2.70. The van der Waals surface area contributed by atoms with Crippen molar-refractivity contribution in [1.29, 1.82) is 0 Å². The number of nitrogens with zero attached hydrogens (tertiary/aromatic N) is 4. The molecule has 2 aromatic rings. The lowest BCUT2D eigenvalue weighted by Gasteiger charge is -2.14. The van der Waals surface area contributed by atoms with E-state index in [1.165, 1.54) is 0 Å². The van der Waals surface area contributed by atoms with Gasteiger partial charge >= 0.3 is 0 Å². The first-order valence-electron chi connectivity index (χ1n) is 5.94. The fraction of sp³-hybridized carbons (Fsp3) is 0.500. The zero-order valence-corrected chi connectivity index (χ0v) is 10.6. The fourth-order valence-corrected chi connectivity index (χ4v) is 1.70. The fourth-order valence-electron chi connectivity index (χ4n) is 1.70. The molecule has 0 bridgehead atoms. The molecule has 2 aromatic heterocycles. The van der Waals surface area contributed by atoms with Gasteiger partial charge in [-0.25, -0.2) is 9.50 Å². The molecule has 1 N–H and O–H groups in total. The number of hydrogen-bond acceptors (Lipinski definition) is 4. The minimum absolute atomic E-state index is 0.890. The standard InChI is InChI=1S/C12H19N5/c1-4-16(3)7-5-13-12-11-9-10(2)15-17(11)8-6-14-12/h6,8-9H,4-5,7H2,1-3H3,(H,13,14). The van der Waals surface area contributed by atoms with Gasteiger partial charge in [0, 0.05) is 25.5 Å². The van der Waals surface area contributed by atoms with Crippen molar-refractivity contribution in [2.24, 2.45) is 0 Å². The van der Waals surface area contributed by atoms with Crippen LogP contribution in [0.25, 0.3) is 5.52 Å². The monoisotopic (exact) mass is 233 g/mol. The van der Waals surface area contributed by atoms with Crippen LogP contribution in [0.4, 0.5) is 5.82 Å². The summed E-state index contributed by atoms with van der Waals surface area (Å²) in [7, 11) is 2.11.